The second-order valence-corrected chi connectivity index (χ2v) is 9.56. The summed E-state index contributed by atoms with van der Waals surface area (Å²) in [7, 11) is 0. The van der Waals surface area contributed by atoms with Gasteiger partial charge in [-0.15, -0.1) is 0 Å². The molecule has 2 bridgehead atoms. The molecule has 2 aliphatic rings. The molecule has 0 saturated carbocycles. The molecule has 0 aliphatic carbocycles. The number of fused-ring (bicyclic) bond motifs is 3. The van der Waals surface area contributed by atoms with Gasteiger partial charge in [-0.25, -0.2) is 9.78 Å². The van der Waals surface area contributed by atoms with Gasteiger partial charge in [0.25, 0.3) is 5.56 Å². The molecule has 0 radical (unpaired) electrons. The minimum Gasteiger partial charge on any atom is -0.476 e. The number of aromatic nitrogens is 2. The topological polar surface area (TPSA) is 75.4 Å². The second-order valence-electron chi connectivity index (χ2n) is 9.56. The van der Waals surface area contributed by atoms with Crippen molar-refractivity contribution in [3.63, 3.8) is 0 Å². The Morgan fingerprint density at radius 1 is 1.10 bits per heavy atom. The summed E-state index contributed by atoms with van der Waals surface area (Å²) in [5.74, 6) is -0.541. The summed E-state index contributed by atoms with van der Waals surface area (Å²) >= 11 is 0. The quantitative estimate of drug-likeness (QED) is 0.759. The number of carbonyl (C=O) groups is 1. The number of para-hydroxylation sites is 2. The Bertz CT molecular complexity index is 969. The summed E-state index contributed by atoms with van der Waals surface area (Å²) < 4.78 is 1.74. The lowest BCUT2D eigenvalue weighted by Crippen LogP contribution is -2.56. The Kier molecular flexibility index (Phi) is 5.96. The zero-order chi connectivity index (χ0) is 21.4. The number of piperidine rings is 2. The maximum absolute atomic E-state index is 13.1. The van der Waals surface area contributed by atoms with Crippen LogP contribution in [-0.4, -0.2) is 43.7 Å². The predicted molar refractivity (Wildman–Crippen MR) is 118 cm³/mol. The standard InChI is InChI=1S/C24H33N3O3/c1-15(2)11-12-16(3)26-17-7-6-8-18(26)14-19(13-17)27-21-10-5-4-9-20(21)25-22(23(27)28)24(29)30/h4-5,9-10,15-19H,6-8,11-14H2,1-3H3,(H,29,30)/t16?,17-,18+,19?. The summed E-state index contributed by atoms with van der Waals surface area (Å²) in [5, 5.41) is 9.54. The third-order valence-corrected chi connectivity index (χ3v) is 7.04. The molecule has 3 heterocycles. The molecule has 0 amide bonds. The van der Waals surface area contributed by atoms with Crippen molar-refractivity contribution < 1.29 is 9.90 Å². The molecule has 0 spiro atoms. The molecule has 1 aromatic heterocycles. The zero-order valence-corrected chi connectivity index (χ0v) is 18.3. The lowest BCUT2D eigenvalue weighted by Gasteiger charge is -2.52. The highest BCUT2D eigenvalue weighted by atomic mass is 16.4. The molecule has 2 fully saturated rings. The van der Waals surface area contributed by atoms with Crippen LogP contribution in [0.15, 0.2) is 29.1 Å². The Morgan fingerprint density at radius 3 is 2.40 bits per heavy atom. The van der Waals surface area contributed by atoms with Crippen LogP contribution in [0, 0.1) is 5.92 Å². The molecule has 2 saturated heterocycles. The van der Waals surface area contributed by atoms with Crippen LogP contribution in [0.2, 0.25) is 0 Å². The minimum absolute atomic E-state index is 0.0207. The maximum Gasteiger partial charge on any atom is 0.360 e. The molecule has 4 rings (SSSR count). The van der Waals surface area contributed by atoms with Crippen molar-refractivity contribution in [1.82, 2.24) is 14.5 Å². The monoisotopic (exact) mass is 411 g/mol. The summed E-state index contributed by atoms with van der Waals surface area (Å²) in [5.41, 5.74) is 0.487. The van der Waals surface area contributed by atoms with Crippen molar-refractivity contribution in [2.24, 2.45) is 5.92 Å². The van der Waals surface area contributed by atoms with Gasteiger partial charge in [0.05, 0.1) is 11.0 Å². The number of rotatable bonds is 6. The normalized spacial score (nSPS) is 25.5. The van der Waals surface area contributed by atoms with Gasteiger partial charge in [-0.1, -0.05) is 32.4 Å². The zero-order valence-electron chi connectivity index (χ0n) is 18.3. The lowest BCUT2D eigenvalue weighted by atomic mass is 9.80. The van der Waals surface area contributed by atoms with Gasteiger partial charge in [-0.2, -0.15) is 0 Å². The van der Waals surface area contributed by atoms with Gasteiger partial charge < -0.3 is 9.67 Å². The SMILES string of the molecule is CC(C)CCC(C)N1[C@@H]2CCC[C@H]1CC(n1c(=O)c(C(=O)O)nc3ccccc31)C2. The number of nitrogens with zero attached hydrogens (tertiary/aromatic N) is 3. The van der Waals surface area contributed by atoms with E-state index in [1.807, 2.05) is 18.2 Å². The molecule has 2 aromatic rings. The average Bonchev–Trinajstić information content (AvgIpc) is 2.70. The fourth-order valence-corrected chi connectivity index (χ4v) is 5.70. The Hall–Kier alpha value is -2.21. The number of benzene rings is 1. The van der Waals surface area contributed by atoms with Gasteiger partial charge in [0.2, 0.25) is 5.69 Å². The molecule has 1 aromatic carbocycles. The van der Waals surface area contributed by atoms with Crippen LogP contribution < -0.4 is 5.56 Å². The van der Waals surface area contributed by atoms with Crippen molar-refractivity contribution in [1.29, 1.82) is 0 Å². The van der Waals surface area contributed by atoms with E-state index in [1.54, 1.807) is 10.6 Å². The van der Waals surface area contributed by atoms with Gasteiger partial charge in [0, 0.05) is 24.2 Å². The van der Waals surface area contributed by atoms with E-state index in [0.29, 0.717) is 29.6 Å². The van der Waals surface area contributed by atoms with E-state index in [4.69, 9.17) is 0 Å². The largest absolute Gasteiger partial charge is 0.476 e. The fourth-order valence-electron chi connectivity index (χ4n) is 5.70. The van der Waals surface area contributed by atoms with Crippen molar-refractivity contribution in [2.45, 2.75) is 89.9 Å². The molecular weight excluding hydrogens is 378 g/mol. The van der Waals surface area contributed by atoms with Gasteiger partial charge in [0.15, 0.2) is 0 Å². The molecule has 6 nitrogen and oxygen atoms in total. The van der Waals surface area contributed by atoms with Crippen molar-refractivity contribution in [2.75, 3.05) is 0 Å². The van der Waals surface area contributed by atoms with Crippen LogP contribution >= 0.6 is 0 Å². The second kappa shape index (κ2) is 8.50. The maximum atomic E-state index is 13.1. The molecule has 6 heteroatoms. The smallest absolute Gasteiger partial charge is 0.360 e. The number of carboxylic acids is 1. The summed E-state index contributed by atoms with van der Waals surface area (Å²) in [6, 6.07) is 8.89. The Labute approximate surface area is 177 Å². The molecule has 162 valence electrons. The van der Waals surface area contributed by atoms with Crippen LogP contribution in [-0.2, 0) is 0 Å². The molecule has 2 unspecified atom stereocenters. The van der Waals surface area contributed by atoms with Crippen LogP contribution in [0.1, 0.15) is 82.2 Å². The van der Waals surface area contributed by atoms with E-state index in [1.165, 1.54) is 19.3 Å². The summed E-state index contributed by atoms with van der Waals surface area (Å²) in [6.45, 7) is 6.91. The van der Waals surface area contributed by atoms with Gasteiger partial charge in [0.1, 0.15) is 0 Å². The molecular formula is C24H33N3O3. The fraction of sp³-hybridized carbons (Fsp3) is 0.625. The average molecular weight is 412 g/mol. The summed E-state index contributed by atoms with van der Waals surface area (Å²) in [6.07, 6.45) is 7.78. The van der Waals surface area contributed by atoms with Crippen LogP contribution in [0.25, 0.3) is 11.0 Å². The first kappa shape index (κ1) is 21.0. The third-order valence-electron chi connectivity index (χ3n) is 7.04. The highest BCUT2D eigenvalue weighted by molar-refractivity contribution is 5.88. The molecule has 2 aliphatic heterocycles. The van der Waals surface area contributed by atoms with Gasteiger partial charge in [-0.3, -0.25) is 9.69 Å². The van der Waals surface area contributed by atoms with Crippen LogP contribution in [0.3, 0.4) is 0 Å². The Balaban J connectivity index is 1.69. The molecule has 1 N–H and O–H groups in total. The van der Waals surface area contributed by atoms with E-state index in [-0.39, 0.29) is 11.7 Å². The van der Waals surface area contributed by atoms with E-state index in [0.717, 1.165) is 31.2 Å². The first-order valence-electron chi connectivity index (χ1n) is 11.4. The lowest BCUT2D eigenvalue weighted by molar-refractivity contribution is -0.0155. The molecule has 30 heavy (non-hydrogen) atoms. The van der Waals surface area contributed by atoms with Gasteiger partial charge >= 0.3 is 5.97 Å². The highest BCUT2D eigenvalue weighted by Gasteiger charge is 2.41. The third kappa shape index (κ3) is 3.89. The van der Waals surface area contributed by atoms with E-state index in [9.17, 15) is 14.7 Å². The van der Waals surface area contributed by atoms with E-state index >= 15 is 0 Å². The number of aromatic carboxylic acids is 1. The first-order valence-corrected chi connectivity index (χ1v) is 11.4. The number of hydrogen-bond acceptors (Lipinski definition) is 4. The van der Waals surface area contributed by atoms with Crippen LogP contribution in [0.4, 0.5) is 0 Å². The molecule has 4 atom stereocenters. The Morgan fingerprint density at radius 2 is 1.77 bits per heavy atom. The van der Waals surface area contributed by atoms with E-state index < -0.39 is 11.5 Å². The van der Waals surface area contributed by atoms with Gasteiger partial charge in [-0.05, 0) is 63.5 Å². The first-order chi connectivity index (χ1) is 14.4. The van der Waals surface area contributed by atoms with Crippen LogP contribution in [0.5, 0.6) is 0 Å². The minimum atomic E-state index is -1.25. The van der Waals surface area contributed by atoms with Crippen molar-refractivity contribution >= 4 is 17.0 Å². The van der Waals surface area contributed by atoms with Crippen molar-refractivity contribution in [3.8, 4) is 0 Å². The number of hydrogen-bond donors (Lipinski definition) is 1. The van der Waals surface area contributed by atoms with E-state index in [2.05, 4.69) is 30.7 Å². The van der Waals surface area contributed by atoms with Crippen molar-refractivity contribution in [3.05, 3.63) is 40.3 Å². The number of carboxylic acid groups (broad SMARTS) is 1. The predicted octanol–water partition coefficient (Wildman–Crippen LogP) is 4.48. The summed E-state index contributed by atoms with van der Waals surface area (Å²) in [4.78, 5) is 31.7. The highest BCUT2D eigenvalue weighted by Crippen LogP contribution is 2.41.